The molecule has 0 saturated carbocycles. The predicted octanol–water partition coefficient (Wildman–Crippen LogP) is 4.40. The first-order valence-electron chi connectivity index (χ1n) is 13.1. The SMILES string of the molecule is CCCNC(=O)C(C)N(Cc1cccc(OC)c1)C(=O)CN(c1ccc(CC)cc1)S(=O)(=O)c1ccccc1. The lowest BCUT2D eigenvalue weighted by atomic mass is 10.1. The van der Waals surface area contributed by atoms with Gasteiger partial charge in [0.1, 0.15) is 18.3 Å². The van der Waals surface area contributed by atoms with E-state index in [4.69, 9.17) is 4.74 Å². The molecule has 1 N–H and O–H groups in total. The Balaban J connectivity index is 2.01. The van der Waals surface area contributed by atoms with Gasteiger partial charge in [-0.2, -0.15) is 0 Å². The first-order chi connectivity index (χ1) is 18.7. The van der Waals surface area contributed by atoms with Crippen LogP contribution in [-0.4, -0.2) is 51.4 Å². The number of benzene rings is 3. The average molecular weight is 552 g/mol. The summed E-state index contributed by atoms with van der Waals surface area (Å²) >= 11 is 0. The van der Waals surface area contributed by atoms with Gasteiger partial charge >= 0.3 is 0 Å². The van der Waals surface area contributed by atoms with Gasteiger partial charge in [0.2, 0.25) is 11.8 Å². The fourth-order valence-electron chi connectivity index (χ4n) is 4.09. The molecule has 8 nitrogen and oxygen atoms in total. The molecule has 3 rings (SSSR count). The summed E-state index contributed by atoms with van der Waals surface area (Å²) in [5, 5.41) is 2.84. The van der Waals surface area contributed by atoms with Crippen molar-refractivity contribution in [1.82, 2.24) is 10.2 Å². The molecule has 0 heterocycles. The Morgan fingerprint density at radius 3 is 2.23 bits per heavy atom. The highest BCUT2D eigenvalue weighted by Crippen LogP contribution is 2.25. The van der Waals surface area contributed by atoms with Crippen molar-refractivity contribution in [1.29, 1.82) is 0 Å². The van der Waals surface area contributed by atoms with Gasteiger partial charge < -0.3 is 15.0 Å². The first kappa shape index (κ1) is 29.7. The number of rotatable bonds is 13. The number of hydrogen-bond acceptors (Lipinski definition) is 5. The maximum atomic E-state index is 13.9. The molecule has 2 amide bonds. The Morgan fingerprint density at radius 2 is 1.62 bits per heavy atom. The molecule has 0 bridgehead atoms. The number of carbonyl (C=O) groups excluding carboxylic acids is 2. The van der Waals surface area contributed by atoms with Crippen molar-refractivity contribution in [3.8, 4) is 5.75 Å². The van der Waals surface area contributed by atoms with Gasteiger partial charge in [0.15, 0.2) is 0 Å². The fourth-order valence-corrected chi connectivity index (χ4v) is 5.53. The summed E-state index contributed by atoms with van der Waals surface area (Å²) in [6, 6.07) is 21.5. The van der Waals surface area contributed by atoms with Crippen LogP contribution in [-0.2, 0) is 32.6 Å². The molecule has 0 aliphatic carbocycles. The van der Waals surface area contributed by atoms with Gasteiger partial charge in [-0.15, -0.1) is 0 Å². The summed E-state index contributed by atoms with van der Waals surface area (Å²) in [4.78, 5) is 28.3. The van der Waals surface area contributed by atoms with Crippen LogP contribution in [0.15, 0.2) is 83.8 Å². The minimum atomic E-state index is -4.08. The Labute approximate surface area is 231 Å². The predicted molar refractivity (Wildman–Crippen MR) is 153 cm³/mol. The van der Waals surface area contributed by atoms with Crippen molar-refractivity contribution in [3.05, 3.63) is 90.0 Å². The average Bonchev–Trinajstić information content (AvgIpc) is 2.97. The lowest BCUT2D eigenvalue weighted by Crippen LogP contribution is -2.51. The van der Waals surface area contributed by atoms with Gasteiger partial charge in [0.05, 0.1) is 17.7 Å². The topological polar surface area (TPSA) is 96.0 Å². The van der Waals surface area contributed by atoms with Crippen LogP contribution in [0, 0.1) is 0 Å². The van der Waals surface area contributed by atoms with Gasteiger partial charge in [0.25, 0.3) is 10.0 Å². The Hall–Kier alpha value is -3.85. The van der Waals surface area contributed by atoms with Crippen molar-refractivity contribution in [2.24, 2.45) is 0 Å². The number of ether oxygens (including phenoxy) is 1. The van der Waals surface area contributed by atoms with E-state index in [2.05, 4.69) is 5.32 Å². The lowest BCUT2D eigenvalue weighted by molar-refractivity contribution is -0.139. The van der Waals surface area contributed by atoms with E-state index in [1.807, 2.05) is 32.0 Å². The van der Waals surface area contributed by atoms with E-state index in [1.165, 1.54) is 17.0 Å². The lowest BCUT2D eigenvalue weighted by Gasteiger charge is -2.32. The molecule has 39 heavy (non-hydrogen) atoms. The van der Waals surface area contributed by atoms with Crippen LogP contribution in [0.25, 0.3) is 0 Å². The standard InChI is InChI=1S/C30H37N3O5S/c1-5-19-31-30(35)23(3)32(21-25-11-10-12-27(20-25)38-4)29(34)22-33(26-17-15-24(6-2)16-18-26)39(36,37)28-13-8-7-9-14-28/h7-18,20,23H,5-6,19,21-22H2,1-4H3,(H,31,35). The first-order valence-corrected chi connectivity index (χ1v) is 14.5. The van der Waals surface area contributed by atoms with Gasteiger partial charge in [-0.25, -0.2) is 8.42 Å². The van der Waals surface area contributed by atoms with Crippen LogP contribution in [0.4, 0.5) is 5.69 Å². The van der Waals surface area contributed by atoms with Crippen molar-refractivity contribution in [2.75, 3.05) is 24.5 Å². The molecule has 1 unspecified atom stereocenters. The third-order valence-corrected chi connectivity index (χ3v) is 8.23. The highest BCUT2D eigenvalue weighted by molar-refractivity contribution is 7.92. The van der Waals surface area contributed by atoms with E-state index in [0.717, 1.165) is 28.3 Å². The second-order valence-corrected chi connectivity index (χ2v) is 11.0. The summed E-state index contributed by atoms with van der Waals surface area (Å²) in [5.74, 6) is -0.193. The number of nitrogens with one attached hydrogen (secondary N) is 1. The number of sulfonamides is 1. The summed E-state index contributed by atoms with van der Waals surface area (Å²) in [6.45, 7) is 5.71. The second-order valence-electron chi connectivity index (χ2n) is 9.18. The zero-order chi connectivity index (χ0) is 28.4. The van der Waals surface area contributed by atoms with E-state index >= 15 is 0 Å². The number of methoxy groups -OCH3 is 1. The summed E-state index contributed by atoms with van der Waals surface area (Å²) < 4.78 is 34.0. The molecule has 1 atom stereocenters. The number of aryl methyl sites for hydroxylation is 1. The quantitative estimate of drug-likeness (QED) is 0.340. The van der Waals surface area contributed by atoms with Crippen LogP contribution < -0.4 is 14.4 Å². The maximum absolute atomic E-state index is 13.9. The van der Waals surface area contributed by atoms with Crippen molar-refractivity contribution in [3.63, 3.8) is 0 Å². The number of amides is 2. The molecule has 0 fully saturated rings. The van der Waals surface area contributed by atoms with E-state index in [0.29, 0.717) is 18.0 Å². The molecule has 3 aromatic rings. The monoisotopic (exact) mass is 551 g/mol. The molecule has 9 heteroatoms. The molecule has 3 aromatic carbocycles. The minimum absolute atomic E-state index is 0.0745. The Bertz CT molecular complexity index is 1340. The van der Waals surface area contributed by atoms with Crippen LogP contribution in [0.2, 0.25) is 0 Å². The third kappa shape index (κ3) is 7.60. The molecule has 208 valence electrons. The zero-order valence-corrected chi connectivity index (χ0v) is 23.8. The molecule has 0 aliphatic heterocycles. The van der Waals surface area contributed by atoms with Gasteiger partial charge in [0, 0.05) is 13.1 Å². The second kappa shape index (κ2) is 13.8. The summed E-state index contributed by atoms with van der Waals surface area (Å²) in [5.41, 5.74) is 2.17. The van der Waals surface area contributed by atoms with Crippen molar-refractivity contribution in [2.45, 2.75) is 51.1 Å². The molecular weight excluding hydrogens is 514 g/mol. The largest absolute Gasteiger partial charge is 0.497 e. The van der Waals surface area contributed by atoms with Gasteiger partial charge in [-0.05, 0) is 67.3 Å². The van der Waals surface area contributed by atoms with E-state index in [9.17, 15) is 18.0 Å². The zero-order valence-electron chi connectivity index (χ0n) is 23.0. The van der Waals surface area contributed by atoms with Crippen molar-refractivity contribution >= 4 is 27.5 Å². The van der Waals surface area contributed by atoms with E-state index in [1.54, 1.807) is 62.6 Å². The smallest absolute Gasteiger partial charge is 0.264 e. The van der Waals surface area contributed by atoms with Gasteiger partial charge in [-0.3, -0.25) is 13.9 Å². The number of carbonyl (C=O) groups is 2. The Kier molecular flexibility index (Phi) is 10.5. The number of nitrogens with zero attached hydrogens (tertiary/aromatic N) is 2. The van der Waals surface area contributed by atoms with Crippen molar-refractivity contribution < 1.29 is 22.7 Å². The van der Waals surface area contributed by atoms with Gasteiger partial charge in [-0.1, -0.05) is 56.3 Å². The van der Waals surface area contributed by atoms with Crippen LogP contribution >= 0.6 is 0 Å². The molecular formula is C30H37N3O5S. The molecule has 0 saturated heterocycles. The van der Waals surface area contributed by atoms with Crippen LogP contribution in [0.1, 0.15) is 38.3 Å². The number of hydrogen-bond donors (Lipinski definition) is 1. The van der Waals surface area contributed by atoms with Crippen LogP contribution in [0.5, 0.6) is 5.75 Å². The highest BCUT2D eigenvalue weighted by atomic mass is 32.2. The molecule has 0 spiro atoms. The molecule has 0 aromatic heterocycles. The minimum Gasteiger partial charge on any atom is -0.497 e. The molecule has 0 radical (unpaired) electrons. The van der Waals surface area contributed by atoms with E-state index < -0.39 is 28.5 Å². The number of anilines is 1. The fraction of sp³-hybridized carbons (Fsp3) is 0.333. The van der Waals surface area contributed by atoms with Crippen LogP contribution in [0.3, 0.4) is 0 Å². The molecule has 0 aliphatic rings. The third-order valence-electron chi connectivity index (χ3n) is 6.45. The summed E-state index contributed by atoms with van der Waals surface area (Å²) in [7, 11) is -2.53. The normalized spacial score (nSPS) is 11.9. The maximum Gasteiger partial charge on any atom is 0.264 e. The highest BCUT2D eigenvalue weighted by Gasteiger charge is 2.32. The Morgan fingerprint density at radius 1 is 0.923 bits per heavy atom. The summed E-state index contributed by atoms with van der Waals surface area (Å²) in [6.07, 6.45) is 1.54. The van der Waals surface area contributed by atoms with E-state index in [-0.39, 0.29) is 17.3 Å².